The highest BCUT2D eigenvalue weighted by molar-refractivity contribution is 5.87. The summed E-state index contributed by atoms with van der Waals surface area (Å²) in [6, 6.07) is 23.4. The van der Waals surface area contributed by atoms with E-state index >= 15 is 0 Å². The van der Waals surface area contributed by atoms with Crippen molar-refractivity contribution in [2.45, 2.75) is 6.54 Å². The fourth-order valence-corrected chi connectivity index (χ4v) is 3.93. The molecule has 3 nitrogen and oxygen atoms in total. The van der Waals surface area contributed by atoms with E-state index in [-0.39, 0.29) is 0 Å². The van der Waals surface area contributed by atoms with Crippen molar-refractivity contribution in [3.05, 3.63) is 83.9 Å². The lowest BCUT2D eigenvalue weighted by molar-refractivity contribution is 0.136. The van der Waals surface area contributed by atoms with Gasteiger partial charge in [-0.1, -0.05) is 72.8 Å². The molecule has 0 saturated carbocycles. The largest absolute Gasteiger partial charge is 0.496 e. The Bertz CT molecular complexity index is 928. The number of methoxy groups -OCH3 is 1. The minimum Gasteiger partial charge on any atom is -0.496 e. The Labute approximate surface area is 167 Å². The molecular weight excluding hydrogens is 344 g/mol. The molecule has 0 atom stereocenters. The molecule has 3 aromatic rings. The van der Waals surface area contributed by atoms with E-state index in [1.54, 1.807) is 7.11 Å². The summed E-state index contributed by atoms with van der Waals surface area (Å²) in [5.41, 5.74) is 2.57. The summed E-state index contributed by atoms with van der Waals surface area (Å²) in [6.45, 7) is 6.34. The van der Waals surface area contributed by atoms with Gasteiger partial charge in [0.2, 0.25) is 0 Å². The van der Waals surface area contributed by atoms with Crippen molar-refractivity contribution in [3.8, 4) is 5.75 Å². The first-order valence-corrected chi connectivity index (χ1v) is 10.0. The molecule has 1 heterocycles. The summed E-state index contributed by atoms with van der Waals surface area (Å²) in [5.74, 6) is 0.993. The molecule has 28 heavy (non-hydrogen) atoms. The lowest BCUT2D eigenvalue weighted by atomic mass is 10.0. The van der Waals surface area contributed by atoms with Crippen LogP contribution in [0.3, 0.4) is 0 Å². The van der Waals surface area contributed by atoms with Crippen LogP contribution in [-0.2, 0) is 6.54 Å². The Morgan fingerprint density at radius 3 is 2.32 bits per heavy atom. The normalized spacial score (nSPS) is 16.0. The second kappa shape index (κ2) is 9.05. The molecule has 1 aliphatic heterocycles. The van der Waals surface area contributed by atoms with Crippen LogP contribution in [0.25, 0.3) is 16.8 Å². The number of hydrogen-bond donors (Lipinski definition) is 0. The maximum absolute atomic E-state index is 5.67. The minimum absolute atomic E-state index is 0.943. The van der Waals surface area contributed by atoms with Crippen molar-refractivity contribution in [3.63, 3.8) is 0 Å². The first-order valence-electron chi connectivity index (χ1n) is 10.0. The van der Waals surface area contributed by atoms with Crippen LogP contribution in [0.4, 0.5) is 0 Å². The number of ether oxygens (including phenoxy) is 1. The van der Waals surface area contributed by atoms with Crippen LogP contribution in [-0.4, -0.2) is 49.6 Å². The lowest BCUT2D eigenvalue weighted by Gasteiger charge is -2.34. The van der Waals surface area contributed by atoms with E-state index in [0.717, 1.165) is 45.0 Å². The molecule has 3 heteroatoms. The summed E-state index contributed by atoms with van der Waals surface area (Å²) >= 11 is 0. The van der Waals surface area contributed by atoms with Gasteiger partial charge in [0.1, 0.15) is 5.75 Å². The smallest absolute Gasteiger partial charge is 0.123 e. The zero-order valence-electron chi connectivity index (χ0n) is 16.6. The van der Waals surface area contributed by atoms with Crippen molar-refractivity contribution >= 4 is 16.8 Å². The van der Waals surface area contributed by atoms with Crippen LogP contribution in [0.15, 0.2) is 72.8 Å². The first-order chi connectivity index (χ1) is 13.8. The zero-order chi connectivity index (χ0) is 19.2. The first kappa shape index (κ1) is 18.7. The van der Waals surface area contributed by atoms with E-state index in [4.69, 9.17) is 4.74 Å². The van der Waals surface area contributed by atoms with E-state index in [0.29, 0.717) is 0 Å². The van der Waals surface area contributed by atoms with Crippen molar-refractivity contribution in [2.75, 3.05) is 39.8 Å². The molecule has 0 radical (unpaired) electrons. The molecule has 144 valence electrons. The molecule has 1 aliphatic rings. The number of hydrogen-bond acceptors (Lipinski definition) is 3. The molecule has 0 amide bonds. The Kier molecular flexibility index (Phi) is 6.05. The van der Waals surface area contributed by atoms with Gasteiger partial charge in [-0.3, -0.25) is 9.80 Å². The maximum Gasteiger partial charge on any atom is 0.123 e. The van der Waals surface area contributed by atoms with Gasteiger partial charge in [-0.05, 0) is 22.4 Å². The highest BCUT2D eigenvalue weighted by atomic mass is 16.5. The third kappa shape index (κ3) is 4.44. The summed E-state index contributed by atoms with van der Waals surface area (Å²) in [6.07, 6.45) is 4.49. The second-order valence-electron chi connectivity index (χ2n) is 7.36. The molecule has 0 N–H and O–H groups in total. The lowest BCUT2D eigenvalue weighted by Crippen LogP contribution is -2.45. The second-order valence-corrected chi connectivity index (χ2v) is 7.36. The van der Waals surface area contributed by atoms with Crippen LogP contribution in [0.2, 0.25) is 0 Å². The van der Waals surface area contributed by atoms with Gasteiger partial charge in [-0.15, -0.1) is 0 Å². The van der Waals surface area contributed by atoms with Gasteiger partial charge in [0, 0.05) is 44.8 Å². The average Bonchev–Trinajstić information content (AvgIpc) is 2.76. The summed E-state index contributed by atoms with van der Waals surface area (Å²) in [5, 5.41) is 2.58. The number of fused-ring (bicyclic) bond motifs is 1. The van der Waals surface area contributed by atoms with Gasteiger partial charge in [0.15, 0.2) is 0 Å². The predicted octanol–water partition coefficient (Wildman–Crippen LogP) is 4.68. The number of benzene rings is 3. The van der Waals surface area contributed by atoms with Gasteiger partial charge in [-0.25, -0.2) is 0 Å². The number of nitrogens with zero attached hydrogens (tertiary/aromatic N) is 2. The van der Waals surface area contributed by atoms with E-state index in [9.17, 15) is 0 Å². The zero-order valence-corrected chi connectivity index (χ0v) is 16.6. The van der Waals surface area contributed by atoms with Crippen LogP contribution in [0.5, 0.6) is 5.75 Å². The van der Waals surface area contributed by atoms with Gasteiger partial charge in [0.05, 0.1) is 7.11 Å². The van der Waals surface area contributed by atoms with Gasteiger partial charge >= 0.3 is 0 Å². The van der Waals surface area contributed by atoms with Crippen molar-refractivity contribution in [2.24, 2.45) is 0 Å². The third-order valence-electron chi connectivity index (χ3n) is 5.54. The molecule has 0 aromatic heterocycles. The number of piperazine rings is 1. The van der Waals surface area contributed by atoms with E-state index < -0.39 is 0 Å². The standard InChI is InChI=1S/C25H28N2O/c1-28-25-14-13-22-11-5-6-12-23(22)24(25)20-27-18-16-26(17-19-27)15-7-10-21-8-3-2-4-9-21/h2-14H,15-20H2,1H3. The van der Waals surface area contributed by atoms with Gasteiger partial charge < -0.3 is 4.74 Å². The van der Waals surface area contributed by atoms with Crippen LogP contribution < -0.4 is 4.74 Å². The van der Waals surface area contributed by atoms with E-state index in [1.807, 2.05) is 0 Å². The average molecular weight is 373 g/mol. The Balaban J connectivity index is 1.36. The fraction of sp³-hybridized carbons (Fsp3) is 0.280. The number of rotatable bonds is 6. The van der Waals surface area contributed by atoms with E-state index in [2.05, 4.69) is 88.7 Å². The van der Waals surface area contributed by atoms with E-state index in [1.165, 1.54) is 21.9 Å². The Morgan fingerprint density at radius 1 is 0.821 bits per heavy atom. The molecule has 0 bridgehead atoms. The van der Waals surface area contributed by atoms with Crippen LogP contribution in [0.1, 0.15) is 11.1 Å². The molecule has 1 fully saturated rings. The molecule has 3 aromatic carbocycles. The fourth-order valence-electron chi connectivity index (χ4n) is 3.93. The van der Waals surface area contributed by atoms with Crippen molar-refractivity contribution < 1.29 is 4.74 Å². The molecule has 0 unspecified atom stereocenters. The van der Waals surface area contributed by atoms with Crippen molar-refractivity contribution in [1.29, 1.82) is 0 Å². The maximum atomic E-state index is 5.67. The Hall–Kier alpha value is -2.62. The van der Waals surface area contributed by atoms with Gasteiger partial charge in [-0.2, -0.15) is 0 Å². The summed E-state index contributed by atoms with van der Waals surface area (Å²) in [7, 11) is 1.77. The molecular formula is C25H28N2O. The topological polar surface area (TPSA) is 15.7 Å². The quantitative estimate of drug-likeness (QED) is 0.625. The monoisotopic (exact) mass is 372 g/mol. The minimum atomic E-state index is 0.943. The highest BCUT2D eigenvalue weighted by Gasteiger charge is 2.18. The SMILES string of the molecule is COc1ccc2ccccc2c1CN1CCN(CC=Cc2ccccc2)CC1. The highest BCUT2D eigenvalue weighted by Crippen LogP contribution is 2.29. The summed E-state index contributed by atoms with van der Waals surface area (Å²) in [4.78, 5) is 5.07. The molecule has 4 rings (SSSR count). The Morgan fingerprint density at radius 2 is 1.54 bits per heavy atom. The van der Waals surface area contributed by atoms with Crippen LogP contribution in [0, 0.1) is 0 Å². The molecule has 1 saturated heterocycles. The van der Waals surface area contributed by atoms with Gasteiger partial charge in [0.25, 0.3) is 0 Å². The molecule has 0 aliphatic carbocycles. The molecule has 0 spiro atoms. The summed E-state index contributed by atoms with van der Waals surface area (Å²) < 4.78 is 5.67. The third-order valence-corrected chi connectivity index (χ3v) is 5.54. The van der Waals surface area contributed by atoms with Crippen LogP contribution >= 0.6 is 0 Å². The van der Waals surface area contributed by atoms with Crippen molar-refractivity contribution in [1.82, 2.24) is 9.80 Å². The predicted molar refractivity (Wildman–Crippen MR) is 118 cm³/mol.